The fourth-order valence-electron chi connectivity index (χ4n) is 5.69. The summed E-state index contributed by atoms with van der Waals surface area (Å²) < 4.78 is 30.2. The van der Waals surface area contributed by atoms with Crippen molar-refractivity contribution in [2.24, 2.45) is 5.41 Å². The van der Waals surface area contributed by atoms with Crippen LogP contribution in [0.15, 0.2) is 36.4 Å². The lowest BCUT2D eigenvalue weighted by Crippen LogP contribution is -2.49. The summed E-state index contributed by atoms with van der Waals surface area (Å²) in [6, 6.07) is 6.80. The van der Waals surface area contributed by atoms with E-state index in [0.717, 1.165) is 0 Å². The first-order chi connectivity index (χ1) is 17.4. The number of nitrogens with one attached hydrogen (secondary N) is 3. The lowest BCUT2D eigenvalue weighted by molar-refractivity contribution is -0.124. The number of benzene rings is 2. The molecule has 4 rings (SSSR count). The van der Waals surface area contributed by atoms with Gasteiger partial charge in [0.2, 0.25) is 11.8 Å². The zero-order valence-electron chi connectivity index (χ0n) is 20.9. The smallest absolute Gasteiger partial charge is 0.237 e. The Morgan fingerprint density at radius 1 is 1.22 bits per heavy atom. The molecule has 2 aromatic carbocycles. The van der Waals surface area contributed by atoms with Crippen LogP contribution in [0.5, 0.6) is 0 Å². The Morgan fingerprint density at radius 3 is 2.57 bits per heavy atom. The van der Waals surface area contributed by atoms with E-state index < -0.39 is 59.6 Å². The highest BCUT2D eigenvalue weighted by Gasteiger charge is 2.66. The Kier molecular flexibility index (Phi) is 7.63. The number of anilines is 1. The summed E-state index contributed by atoms with van der Waals surface area (Å²) in [7, 11) is 0. The molecule has 0 radical (unpaired) electrons. The Balaban J connectivity index is 1.90. The van der Waals surface area contributed by atoms with Crippen LogP contribution in [0.2, 0.25) is 5.02 Å². The summed E-state index contributed by atoms with van der Waals surface area (Å²) in [6.45, 7) is 5.57. The van der Waals surface area contributed by atoms with Gasteiger partial charge in [0.1, 0.15) is 17.0 Å². The molecule has 0 saturated carbocycles. The lowest BCUT2D eigenvalue weighted by Gasteiger charge is -2.37. The molecule has 2 aromatic rings. The highest BCUT2D eigenvalue weighted by atomic mass is 35.5. The molecule has 0 unspecified atom stereocenters. The van der Waals surface area contributed by atoms with Gasteiger partial charge in [0, 0.05) is 24.2 Å². The monoisotopic (exact) mass is 535 g/mol. The molecule has 1 fully saturated rings. The molecule has 0 aromatic heterocycles. The zero-order chi connectivity index (χ0) is 27.1. The SMILES string of the molecule is CC(C)(C)C[C@H]1N[C@@H](C(=O)NCC[C@@H](O)CO)[C@H](c2ccccc2F)[C@@]12C(=O)Nc1cc(Cl)c(F)cc12. The maximum absolute atomic E-state index is 15.4. The van der Waals surface area contributed by atoms with E-state index in [4.69, 9.17) is 16.7 Å². The number of hydrogen-bond donors (Lipinski definition) is 5. The maximum atomic E-state index is 15.4. The van der Waals surface area contributed by atoms with Gasteiger partial charge in [0.25, 0.3) is 0 Å². The van der Waals surface area contributed by atoms with Gasteiger partial charge < -0.3 is 26.2 Å². The molecule has 5 atom stereocenters. The van der Waals surface area contributed by atoms with Gasteiger partial charge in [0.05, 0.1) is 23.8 Å². The highest BCUT2D eigenvalue weighted by Crippen LogP contribution is 2.57. The fourth-order valence-corrected chi connectivity index (χ4v) is 5.86. The predicted molar refractivity (Wildman–Crippen MR) is 136 cm³/mol. The van der Waals surface area contributed by atoms with Crippen molar-refractivity contribution in [3.05, 3.63) is 64.2 Å². The molecule has 10 heteroatoms. The van der Waals surface area contributed by atoms with Gasteiger partial charge in [-0.25, -0.2) is 8.78 Å². The molecule has 1 saturated heterocycles. The van der Waals surface area contributed by atoms with Crippen LogP contribution in [0.25, 0.3) is 0 Å². The first-order valence-corrected chi connectivity index (χ1v) is 12.7. The number of aliphatic hydroxyl groups is 2. The van der Waals surface area contributed by atoms with E-state index >= 15 is 4.39 Å². The van der Waals surface area contributed by atoms with Gasteiger partial charge in [-0.05, 0) is 47.6 Å². The third kappa shape index (κ3) is 4.97. The predicted octanol–water partition coefficient (Wildman–Crippen LogP) is 3.23. The van der Waals surface area contributed by atoms with E-state index in [9.17, 15) is 19.1 Å². The minimum atomic E-state index is -1.51. The topological polar surface area (TPSA) is 111 Å². The van der Waals surface area contributed by atoms with Crippen LogP contribution < -0.4 is 16.0 Å². The second-order valence-corrected chi connectivity index (χ2v) is 11.4. The van der Waals surface area contributed by atoms with Crippen LogP contribution in [-0.4, -0.2) is 53.4 Å². The van der Waals surface area contributed by atoms with Crippen molar-refractivity contribution in [1.82, 2.24) is 10.6 Å². The Hall–Kier alpha value is -2.59. The average Bonchev–Trinajstić information content (AvgIpc) is 3.29. The van der Waals surface area contributed by atoms with Crippen LogP contribution in [0, 0.1) is 17.0 Å². The second kappa shape index (κ2) is 10.3. The molecular weight excluding hydrogens is 504 g/mol. The highest BCUT2D eigenvalue weighted by molar-refractivity contribution is 6.31. The summed E-state index contributed by atoms with van der Waals surface area (Å²) in [5.74, 6) is -3.29. The van der Waals surface area contributed by atoms with Crippen molar-refractivity contribution in [2.75, 3.05) is 18.5 Å². The van der Waals surface area contributed by atoms with Gasteiger partial charge in [-0.15, -0.1) is 0 Å². The number of rotatable bonds is 7. The van der Waals surface area contributed by atoms with Crippen molar-refractivity contribution < 1.29 is 28.6 Å². The summed E-state index contributed by atoms with van der Waals surface area (Å²) in [5, 5.41) is 27.4. The lowest BCUT2D eigenvalue weighted by atomic mass is 9.62. The molecular formula is C27H32ClF2N3O4. The Morgan fingerprint density at radius 2 is 1.92 bits per heavy atom. The van der Waals surface area contributed by atoms with E-state index in [0.29, 0.717) is 17.7 Å². The van der Waals surface area contributed by atoms with Crippen molar-refractivity contribution in [2.45, 2.75) is 63.1 Å². The molecule has 5 N–H and O–H groups in total. The van der Waals surface area contributed by atoms with Crippen LogP contribution in [0.3, 0.4) is 0 Å². The van der Waals surface area contributed by atoms with E-state index in [1.807, 2.05) is 20.8 Å². The summed E-state index contributed by atoms with van der Waals surface area (Å²) in [6.07, 6.45) is -0.468. The maximum Gasteiger partial charge on any atom is 0.237 e. The molecule has 37 heavy (non-hydrogen) atoms. The van der Waals surface area contributed by atoms with Crippen LogP contribution in [0.4, 0.5) is 14.5 Å². The van der Waals surface area contributed by atoms with E-state index in [1.165, 1.54) is 30.3 Å². The quantitative estimate of drug-likeness (QED) is 0.374. The molecule has 0 aliphatic carbocycles. The summed E-state index contributed by atoms with van der Waals surface area (Å²) in [5.41, 5.74) is -1.02. The van der Waals surface area contributed by atoms with Gasteiger partial charge in [-0.3, -0.25) is 9.59 Å². The minimum absolute atomic E-state index is 0.0622. The average molecular weight is 536 g/mol. The molecule has 200 valence electrons. The van der Waals surface area contributed by atoms with Crippen molar-refractivity contribution in [1.29, 1.82) is 0 Å². The number of fused-ring (bicyclic) bond motifs is 2. The normalized spacial score (nSPS) is 25.7. The molecule has 2 aliphatic heterocycles. The van der Waals surface area contributed by atoms with Gasteiger partial charge in [-0.1, -0.05) is 50.6 Å². The van der Waals surface area contributed by atoms with Crippen LogP contribution in [-0.2, 0) is 15.0 Å². The van der Waals surface area contributed by atoms with Crippen LogP contribution in [0.1, 0.15) is 50.7 Å². The molecule has 1 spiro atoms. The number of carbonyl (C=O) groups excluding carboxylic acids is 2. The van der Waals surface area contributed by atoms with Gasteiger partial charge >= 0.3 is 0 Å². The number of carbonyl (C=O) groups is 2. The molecule has 2 amide bonds. The summed E-state index contributed by atoms with van der Waals surface area (Å²) >= 11 is 6.03. The van der Waals surface area contributed by atoms with E-state index in [1.54, 1.807) is 6.07 Å². The number of aliphatic hydroxyl groups excluding tert-OH is 2. The fraction of sp³-hybridized carbons (Fsp3) is 0.481. The molecule has 2 aliphatic rings. The third-order valence-corrected chi connectivity index (χ3v) is 7.50. The molecule has 0 bridgehead atoms. The first kappa shape index (κ1) is 27.4. The van der Waals surface area contributed by atoms with Gasteiger partial charge in [0.15, 0.2) is 0 Å². The molecule has 2 heterocycles. The van der Waals surface area contributed by atoms with E-state index in [-0.39, 0.29) is 29.0 Å². The second-order valence-electron chi connectivity index (χ2n) is 11.0. The number of halogens is 3. The van der Waals surface area contributed by atoms with Crippen molar-refractivity contribution in [3.63, 3.8) is 0 Å². The van der Waals surface area contributed by atoms with Crippen molar-refractivity contribution >= 4 is 29.1 Å². The van der Waals surface area contributed by atoms with Crippen LogP contribution >= 0.6 is 11.6 Å². The van der Waals surface area contributed by atoms with Gasteiger partial charge in [-0.2, -0.15) is 0 Å². The standard InChI is InChI=1S/C27H32ClF2N3O4/c1-26(2,3)12-21-27(16-10-19(30)17(28)11-20(16)32-25(27)37)22(15-6-4-5-7-18(15)29)23(33-21)24(36)31-9-8-14(35)13-34/h4-7,10-11,14,21-23,33-35H,8-9,12-13H2,1-3H3,(H,31,36)(H,32,37)/t14-,21-,22+,23-,27+/m1/s1. The van der Waals surface area contributed by atoms with Crippen molar-refractivity contribution in [3.8, 4) is 0 Å². The number of hydrogen-bond acceptors (Lipinski definition) is 5. The number of amides is 2. The molecule has 7 nitrogen and oxygen atoms in total. The summed E-state index contributed by atoms with van der Waals surface area (Å²) in [4.78, 5) is 27.5. The zero-order valence-corrected chi connectivity index (χ0v) is 21.7. The van der Waals surface area contributed by atoms with E-state index in [2.05, 4.69) is 16.0 Å². The Labute approximate surface area is 219 Å². The first-order valence-electron chi connectivity index (χ1n) is 12.3. The minimum Gasteiger partial charge on any atom is -0.394 e. The largest absolute Gasteiger partial charge is 0.394 e. The Bertz CT molecular complexity index is 1200. The third-order valence-electron chi connectivity index (χ3n) is 7.21.